The third-order valence-electron chi connectivity index (χ3n) is 4.09. The van der Waals surface area contributed by atoms with Gasteiger partial charge in [0.2, 0.25) is 0 Å². The van der Waals surface area contributed by atoms with Gasteiger partial charge in [0, 0.05) is 6.42 Å². The minimum absolute atomic E-state index is 0.0463. The third kappa shape index (κ3) is 5.62. The largest absolute Gasteiger partial charge is 0.486 e. The van der Waals surface area contributed by atoms with Crippen molar-refractivity contribution in [2.45, 2.75) is 38.7 Å². The molecule has 26 heavy (non-hydrogen) atoms. The van der Waals surface area contributed by atoms with Gasteiger partial charge in [-0.05, 0) is 36.1 Å². The number of ether oxygens (including phenoxy) is 1. The molecule has 1 unspecified atom stereocenters. The molecule has 0 fully saturated rings. The molecule has 1 amide bonds. The van der Waals surface area contributed by atoms with Crippen molar-refractivity contribution in [2.24, 2.45) is 10.9 Å². The first-order valence-electron chi connectivity index (χ1n) is 8.85. The topological polar surface area (TPSA) is 73.9 Å². The molecular weight excluding hydrogens is 328 g/mol. The number of amides is 1. The number of oxime groups is 1. The highest BCUT2D eigenvalue weighted by atomic mass is 16.6. The molecule has 2 rings (SSSR count). The van der Waals surface area contributed by atoms with Crippen LogP contribution in [0.3, 0.4) is 0 Å². The average Bonchev–Trinajstić information content (AvgIpc) is 2.65. The molecule has 2 aromatic carbocycles. The highest BCUT2D eigenvalue weighted by molar-refractivity contribution is 6.38. The van der Waals surface area contributed by atoms with E-state index in [4.69, 9.17) is 15.3 Å². The molecule has 5 nitrogen and oxygen atoms in total. The van der Waals surface area contributed by atoms with Gasteiger partial charge >= 0.3 is 0 Å². The van der Waals surface area contributed by atoms with Crippen LogP contribution >= 0.6 is 0 Å². The number of nitrogens with zero attached hydrogens (tertiary/aromatic N) is 1. The summed E-state index contributed by atoms with van der Waals surface area (Å²) in [5.74, 6) is 0.287. The Morgan fingerprint density at radius 1 is 1.12 bits per heavy atom. The number of para-hydroxylation sites is 1. The molecule has 0 aliphatic carbocycles. The molecular formula is C21H26N2O3. The van der Waals surface area contributed by atoms with Crippen molar-refractivity contribution < 1.29 is 14.4 Å². The summed E-state index contributed by atoms with van der Waals surface area (Å²) in [6.07, 6.45) is 2.92. The SMILES string of the molecule is CCCC(Oc1ccccc1)c1ccccc1CCC(=NOC)C(N)=O. The average molecular weight is 354 g/mol. The molecule has 0 aliphatic heterocycles. The molecule has 0 radical (unpaired) electrons. The number of hydrogen-bond acceptors (Lipinski definition) is 4. The number of carbonyl (C=O) groups excluding carboxylic acids is 1. The van der Waals surface area contributed by atoms with E-state index in [0.29, 0.717) is 12.8 Å². The van der Waals surface area contributed by atoms with Crippen molar-refractivity contribution in [3.63, 3.8) is 0 Å². The quantitative estimate of drug-likeness (QED) is 0.517. The van der Waals surface area contributed by atoms with Gasteiger partial charge < -0.3 is 15.3 Å². The number of primary amides is 1. The van der Waals surface area contributed by atoms with Gasteiger partial charge in [-0.1, -0.05) is 61.0 Å². The minimum Gasteiger partial charge on any atom is -0.486 e. The maximum Gasteiger partial charge on any atom is 0.266 e. The summed E-state index contributed by atoms with van der Waals surface area (Å²) in [6, 6.07) is 17.9. The van der Waals surface area contributed by atoms with Crippen LogP contribution in [0.1, 0.15) is 43.4 Å². The van der Waals surface area contributed by atoms with Crippen LogP contribution < -0.4 is 10.5 Å². The maximum atomic E-state index is 11.5. The van der Waals surface area contributed by atoms with Crippen LogP contribution in [-0.4, -0.2) is 18.7 Å². The van der Waals surface area contributed by atoms with Crippen LogP contribution in [-0.2, 0) is 16.1 Å². The van der Waals surface area contributed by atoms with Crippen LogP contribution in [0.4, 0.5) is 0 Å². The lowest BCUT2D eigenvalue weighted by Crippen LogP contribution is -2.24. The number of hydrogen-bond donors (Lipinski definition) is 1. The molecule has 0 saturated heterocycles. The Labute approximate surface area is 154 Å². The lowest BCUT2D eigenvalue weighted by molar-refractivity contribution is -0.112. The molecule has 0 aliphatic rings. The summed E-state index contributed by atoms with van der Waals surface area (Å²) in [7, 11) is 1.40. The van der Waals surface area contributed by atoms with Crippen molar-refractivity contribution >= 4 is 11.6 Å². The standard InChI is InChI=1S/C21H26N2O3/c1-3-9-20(26-17-11-5-4-6-12-17)18-13-8-7-10-16(18)14-15-19(21(22)24)23-25-2/h4-8,10-13,20H,3,9,14-15H2,1-2H3,(H2,22,24). The van der Waals surface area contributed by atoms with Gasteiger partial charge in [0.25, 0.3) is 5.91 Å². The predicted molar refractivity (Wildman–Crippen MR) is 103 cm³/mol. The fourth-order valence-corrected chi connectivity index (χ4v) is 2.86. The summed E-state index contributed by atoms with van der Waals surface area (Å²) >= 11 is 0. The number of aryl methyl sites for hydroxylation is 1. The fraction of sp³-hybridized carbons (Fsp3) is 0.333. The van der Waals surface area contributed by atoms with Gasteiger partial charge in [-0.15, -0.1) is 0 Å². The maximum absolute atomic E-state index is 11.5. The Morgan fingerprint density at radius 2 is 1.81 bits per heavy atom. The number of rotatable bonds is 10. The summed E-state index contributed by atoms with van der Waals surface area (Å²) in [5.41, 5.74) is 7.84. The smallest absolute Gasteiger partial charge is 0.266 e. The van der Waals surface area contributed by atoms with Gasteiger partial charge in [-0.3, -0.25) is 4.79 Å². The Balaban J connectivity index is 2.21. The highest BCUT2D eigenvalue weighted by Crippen LogP contribution is 2.29. The Bertz CT molecular complexity index is 729. The van der Waals surface area contributed by atoms with E-state index in [-0.39, 0.29) is 11.8 Å². The molecule has 2 N–H and O–H groups in total. The zero-order chi connectivity index (χ0) is 18.8. The second-order valence-corrected chi connectivity index (χ2v) is 5.99. The van der Waals surface area contributed by atoms with E-state index >= 15 is 0 Å². The summed E-state index contributed by atoms with van der Waals surface area (Å²) < 4.78 is 6.24. The van der Waals surface area contributed by atoms with Crippen molar-refractivity contribution in [1.29, 1.82) is 0 Å². The van der Waals surface area contributed by atoms with Gasteiger partial charge in [0.1, 0.15) is 24.7 Å². The Morgan fingerprint density at radius 3 is 2.46 bits per heavy atom. The molecule has 5 heteroatoms. The lowest BCUT2D eigenvalue weighted by atomic mass is 9.95. The van der Waals surface area contributed by atoms with E-state index in [2.05, 4.69) is 24.2 Å². The van der Waals surface area contributed by atoms with Crippen molar-refractivity contribution in [2.75, 3.05) is 7.11 Å². The monoisotopic (exact) mass is 354 g/mol. The van der Waals surface area contributed by atoms with E-state index < -0.39 is 5.91 Å². The summed E-state index contributed by atoms with van der Waals surface area (Å²) in [6.45, 7) is 2.14. The van der Waals surface area contributed by atoms with E-state index in [0.717, 1.165) is 29.7 Å². The summed E-state index contributed by atoms with van der Waals surface area (Å²) in [4.78, 5) is 16.2. The van der Waals surface area contributed by atoms with Crippen molar-refractivity contribution in [3.05, 3.63) is 65.7 Å². The van der Waals surface area contributed by atoms with Crippen LogP contribution in [0, 0.1) is 0 Å². The zero-order valence-electron chi connectivity index (χ0n) is 15.4. The Hall–Kier alpha value is -2.82. The van der Waals surface area contributed by atoms with Gasteiger partial charge in [-0.25, -0.2) is 0 Å². The second-order valence-electron chi connectivity index (χ2n) is 5.99. The first kappa shape index (κ1) is 19.5. The molecule has 0 aromatic heterocycles. The van der Waals surface area contributed by atoms with E-state index in [1.54, 1.807) is 0 Å². The number of benzene rings is 2. The molecule has 1 atom stereocenters. The van der Waals surface area contributed by atoms with Crippen LogP contribution in [0.15, 0.2) is 59.8 Å². The molecule has 0 spiro atoms. The Kier molecular flexibility index (Phi) is 7.68. The number of carbonyl (C=O) groups is 1. The van der Waals surface area contributed by atoms with E-state index in [1.165, 1.54) is 7.11 Å². The second kappa shape index (κ2) is 10.2. The van der Waals surface area contributed by atoms with E-state index in [9.17, 15) is 4.79 Å². The molecule has 0 bridgehead atoms. The number of nitrogens with two attached hydrogens (primary N) is 1. The van der Waals surface area contributed by atoms with Gasteiger partial charge in [0.05, 0.1) is 0 Å². The third-order valence-corrected chi connectivity index (χ3v) is 4.09. The summed E-state index contributed by atoms with van der Waals surface area (Å²) in [5, 5.41) is 3.73. The minimum atomic E-state index is -0.560. The lowest BCUT2D eigenvalue weighted by Gasteiger charge is -2.22. The van der Waals surface area contributed by atoms with Crippen LogP contribution in [0.25, 0.3) is 0 Å². The van der Waals surface area contributed by atoms with Crippen LogP contribution in [0.2, 0.25) is 0 Å². The van der Waals surface area contributed by atoms with Crippen molar-refractivity contribution in [1.82, 2.24) is 0 Å². The molecule has 0 saturated carbocycles. The van der Waals surface area contributed by atoms with Gasteiger partial charge in [-0.2, -0.15) is 0 Å². The molecule has 2 aromatic rings. The fourth-order valence-electron chi connectivity index (χ4n) is 2.86. The van der Waals surface area contributed by atoms with Crippen LogP contribution in [0.5, 0.6) is 5.75 Å². The normalized spacial score (nSPS) is 12.5. The molecule has 138 valence electrons. The first-order chi connectivity index (χ1) is 12.7. The van der Waals surface area contributed by atoms with E-state index in [1.807, 2.05) is 42.5 Å². The molecule has 0 heterocycles. The highest BCUT2D eigenvalue weighted by Gasteiger charge is 2.17. The zero-order valence-corrected chi connectivity index (χ0v) is 15.4. The predicted octanol–water partition coefficient (Wildman–Crippen LogP) is 4.03. The van der Waals surface area contributed by atoms with Crippen molar-refractivity contribution in [3.8, 4) is 5.75 Å². The first-order valence-corrected chi connectivity index (χ1v) is 8.85. The van der Waals surface area contributed by atoms with Gasteiger partial charge in [0.15, 0.2) is 0 Å².